The number of nitrogens with zero attached hydrogens (tertiary/aromatic N) is 3. The van der Waals surface area contributed by atoms with Crippen molar-refractivity contribution in [1.29, 1.82) is 0 Å². The van der Waals surface area contributed by atoms with Crippen LogP contribution in [0.15, 0.2) is 18.2 Å². The quantitative estimate of drug-likeness (QED) is 0.583. The molecule has 1 aliphatic rings. The molecule has 31 heavy (non-hydrogen) atoms. The smallest absolute Gasteiger partial charge is 0.269 e. The van der Waals surface area contributed by atoms with Crippen molar-refractivity contribution in [2.45, 2.75) is 39.3 Å². The normalized spacial score (nSPS) is 18.5. The molecule has 2 aromatic rings. The highest BCUT2D eigenvalue weighted by molar-refractivity contribution is 7.08. The third-order valence-corrected chi connectivity index (χ3v) is 5.79. The van der Waals surface area contributed by atoms with Crippen LogP contribution in [0.1, 0.15) is 46.0 Å². The summed E-state index contributed by atoms with van der Waals surface area (Å²) in [5, 5.41) is 9.47. The van der Waals surface area contributed by atoms with Crippen LogP contribution in [0.2, 0.25) is 0 Å². The third kappa shape index (κ3) is 5.36. The van der Waals surface area contributed by atoms with E-state index in [0.29, 0.717) is 35.0 Å². The van der Waals surface area contributed by atoms with Crippen molar-refractivity contribution in [2.75, 3.05) is 30.0 Å². The van der Waals surface area contributed by atoms with Crippen LogP contribution in [-0.4, -0.2) is 59.2 Å². The van der Waals surface area contributed by atoms with Crippen LogP contribution < -0.4 is 21.3 Å². The van der Waals surface area contributed by atoms with E-state index >= 15 is 0 Å². The number of hydrogen-bond donors (Lipinski definition) is 3. The summed E-state index contributed by atoms with van der Waals surface area (Å²) in [5.74, 6) is -1.19. The molecular weight excluding hydrogens is 420 g/mol. The Labute approximate surface area is 184 Å². The second-order valence-corrected chi connectivity index (χ2v) is 8.24. The van der Waals surface area contributed by atoms with E-state index < -0.39 is 5.91 Å². The first-order chi connectivity index (χ1) is 14.8. The summed E-state index contributed by atoms with van der Waals surface area (Å²) in [6.45, 7) is 7.07. The maximum Gasteiger partial charge on any atom is 0.269 e. The molecule has 0 radical (unpaired) electrons. The molecule has 2 heterocycles. The zero-order chi connectivity index (χ0) is 22.5. The van der Waals surface area contributed by atoms with E-state index in [1.165, 1.54) is 0 Å². The molecule has 166 valence electrons. The van der Waals surface area contributed by atoms with Crippen LogP contribution >= 0.6 is 11.5 Å². The minimum absolute atomic E-state index is 0.0495. The van der Waals surface area contributed by atoms with Gasteiger partial charge in [-0.3, -0.25) is 14.4 Å². The van der Waals surface area contributed by atoms with Crippen molar-refractivity contribution >= 4 is 40.6 Å². The van der Waals surface area contributed by atoms with E-state index in [0.717, 1.165) is 17.2 Å². The molecule has 1 fully saturated rings. The van der Waals surface area contributed by atoms with Crippen molar-refractivity contribution in [2.24, 2.45) is 5.73 Å². The van der Waals surface area contributed by atoms with Gasteiger partial charge in [0.2, 0.25) is 5.91 Å². The van der Waals surface area contributed by atoms with Crippen LogP contribution in [0, 0.1) is 6.92 Å². The van der Waals surface area contributed by atoms with Gasteiger partial charge in [-0.25, -0.2) is 0 Å². The first kappa shape index (κ1) is 22.6. The number of ether oxygens (including phenoxy) is 1. The molecule has 2 unspecified atom stereocenters. The number of rotatable bonds is 7. The lowest BCUT2D eigenvalue weighted by molar-refractivity contribution is -0.117. The molecule has 0 aliphatic carbocycles. The molecule has 0 saturated carbocycles. The maximum absolute atomic E-state index is 12.8. The van der Waals surface area contributed by atoms with Crippen molar-refractivity contribution in [3.8, 4) is 0 Å². The summed E-state index contributed by atoms with van der Waals surface area (Å²) in [6, 6.07) is 5.31. The van der Waals surface area contributed by atoms with Crippen LogP contribution in [0.25, 0.3) is 0 Å². The first-order valence-corrected chi connectivity index (χ1v) is 10.7. The number of morpholine rings is 1. The number of hydrogen-bond acceptors (Lipinski definition) is 8. The van der Waals surface area contributed by atoms with Gasteiger partial charge >= 0.3 is 0 Å². The Morgan fingerprint density at radius 1 is 1.23 bits per heavy atom. The number of aromatic nitrogens is 2. The Balaban J connectivity index is 1.92. The number of primary amides is 1. The van der Waals surface area contributed by atoms with Crippen LogP contribution in [0.5, 0.6) is 0 Å². The third-order valence-electron chi connectivity index (χ3n) is 4.97. The van der Waals surface area contributed by atoms with E-state index in [-0.39, 0.29) is 36.9 Å². The first-order valence-electron chi connectivity index (χ1n) is 9.95. The molecule has 1 aromatic heterocycles. The minimum Gasteiger partial charge on any atom is -0.377 e. The highest BCUT2D eigenvalue weighted by atomic mass is 32.1. The Morgan fingerprint density at radius 3 is 2.55 bits per heavy atom. The van der Waals surface area contributed by atoms with E-state index in [2.05, 4.69) is 25.1 Å². The maximum atomic E-state index is 12.8. The van der Waals surface area contributed by atoms with Gasteiger partial charge < -0.3 is 26.0 Å². The number of anilines is 2. The SMILES string of the molecule is Cc1nnsc1C(=O)Nc1cc(C(=O)NCCC(N)=O)ccc1N1C(C)COCC1C. The zero-order valence-corrected chi connectivity index (χ0v) is 18.5. The molecule has 1 aliphatic heterocycles. The Morgan fingerprint density at radius 2 is 1.94 bits per heavy atom. The minimum atomic E-state index is -0.493. The van der Waals surface area contributed by atoms with E-state index in [9.17, 15) is 14.4 Å². The fourth-order valence-corrected chi connectivity index (χ4v) is 4.05. The van der Waals surface area contributed by atoms with Crippen LogP contribution in [0.3, 0.4) is 0 Å². The van der Waals surface area contributed by atoms with E-state index in [1.54, 1.807) is 19.1 Å². The average molecular weight is 447 g/mol. The van der Waals surface area contributed by atoms with Gasteiger partial charge in [-0.15, -0.1) is 5.10 Å². The van der Waals surface area contributed by atoms with Gasteiger partial charge in [-0.05, 0) is 50.5 Å². The van der Waals surface area contributed by atoms with Gasteiger partial charge in [0, 0.05) is 30.6 Å². The number of aryl methyl sites for hydroxylation is 1. The molecule has 11 heteroatoms. The zero-order valence-electron chi connectivity index (χ0n) is 17.7. The summed E-state index contributed by atoms with van der Waals surface area (Å²) >= 11 is 1.01. The van der Waals surface area contributed by atoms with Crippen molar-refractivity contribution in [3.05, 3.63) is 34.3 Å². The molecule has 4 N–H and O–H groups in total. The molecule has 10 nitrogen and oxygen atoms in total. The van der Waals surface area contributed by atoms with Gasteiger partial charge in [-0.1, -0.05) is 4.49 Å². The molecule has 0 bridgehead atoms. The molecule has 2 atom stereocenters. The van der Waals surface area contributed by atoms with E-state index in [1.807, 2.05) is 19.9 Å². The average Bonchev–Trinajstić information content (AvgIpc) is 3.14. The predicted octanol–water partition coefficient (Wildman–Crippen LogP) is 1.32. The standard InChI is InChI=1S/C20H26N6O4S/c1-11-9-30-10-12(2)26(11)16-5-4-14(19(28)22-7-6-17(21)27)8-15(16)23-20(29)18-13(3)24-25-31-18/h4-5,8,11-12H,6-7,9-10H2,1-3H3,(H2,21,27)(H,22,28)(H,23,29). The van der Waals surface area contributed by atoms with Crippen LogP contribution in [-0.2, 0) is 9.53 Å². The monoisotopic (exact) mass is 446 g/mol. The second-order valence-electron chi connectivity index (χ2n) is 7.49. The summed E-state index contributed by atoms with van der Waals surface area (Å²) in [4.78, 5) is 38.9. The Kier molecular flexibility index (Phi) is 7.18. The fraction of sp³-hybridized carbons (Fsp3) is 0.450. The van der Waals surface area contributed by atoms with Gasteiger partial charge in [0.15, 0.2) is 0 Å². The molecular formula is C20H26N6O4S. The number of benzene rings is 1. The number of carbonyl (C=O) groups excluding carboxylic acids is 3. The van der Waals surface area contributed by atoms with E-state index in [4.69, 9.17) is 10.5 Å². The summed E-state index contributed by atoms with van der Waals surface area (Å²) in [5.41, 5.74) is 7.31. The summed E-state index contributed by atoms with van der Waals surface area (Å²) in [6.07, 6.45) is 0.0495. The van der Waals surface area contributed by atoms with Crippen molar-refractivity contribution in [1.82, 2.24) is 14.9 Å². The highest BCUT2D eigenvalue weighted by Crippen LogP contribution is 2.33. The lowest BCUT2D eigenvalue weighted by atomic mass is 10.1. The van der Waals surface area contributed by atoms with Crippen molar-refractivity contribution < 1.29 is 19.1 Å². The fourth-order valence-electron chi connectivity index (χ4n) is 3.50. The number of carbonyl (C=O) groups is 3. The number of nitrogens with one attached hydrogen (secondary N) is 2. The highest BCUT2D eigenvalue weighted by Gasteiger charge is 2.28. The largest absolute Gasteiger partial charge is 0.377 e. The predicted molar refractivity (Wildman–Crippen MR) is 117 cm³/mol. The van der Waals surface area contributed by atoms with Gasteiger partial charge in [0.1, 0.15) is 4.88 Å². The number of nitrogens with two attached hydrogens (primary N) is 1. The molecule has 1 saturated heterocycles. The van der Waals surface area contributed by atoms with Gasteiger partial charge in [0.25, 0.3) is 11.8 Å². The van der Waals surface area contributed by atoms with Gasteiger partial charge in [-0.2, -0.15) is 0 Å². The topological polar surface area (TPSA) is 140 Å². The molecule has 0 spiro atoms. The summed E-state index contributed by atoms with van der Waals surface area (Å²) in [7, 11) is 0. The lowest BCUT2D eigenvalue weighted by Crippen LogP contribution is -2.50. The molecule has 3 rings (SSSR count). The lowest BCUT2D eigenvalue weighted by Gasteiger charge is -2.41. The Hall–Kier alpha value is -3.05. The van der Waals surface area contributed by atoms with Crippen molar-refractivity contribution in [3.63, 3.8) is 0 Å². The number of amides is 3. The molecule has 3 amide bonds. The van der Waals surface area contributed by atoms with Crippen LogP contribution in [0.4, 0.5) is 11.4 Å². The molecule has 1 aromatic carbocycles. The summed E-state index contributed by atoms with van der Waals surface area (Å²) < 4.78 is 9.44. The second kappa shape index (κ2) is 9.84. The Bertz CT molecular complexity index is 968. The van der Waals surface area contributed by atoms with Gasteiger partial charge in [0.05, 0.1) is 30.3 Å².